The summed E-state index contributed by atoms with van der Waals surface area (Å²) < 4.78 is 2.82. The minimum absolute atomic E-state index is 0.316. The zero-order valence-electron chi connectivity index (χ0n) is 13.7. The van der Waals surface area contributed by atoms with Crippen LogP contribution in [0.1, 0.15) is 29.4 Å². The number of aryl methyl sites for hydroxylation is 1. The summed E-state index contributed by atoms with van der Waals surface area (Å²) >= 11 is 0. The molecule has 0 saturated heterocycles. The van der Waals surface area contributed by atoms with E-state index in [0.29, 0.717) is 24.4 Å². The molecule has 24 heavy (non-hydrogen) atoms. The van der Waals surface area contributed by atoms with Crippen molar-refractivity contribution < 1.29 is 0 Å². The molecule has 0 radical (unpaired) electrons. The van der Waals surface area contributed by atoms with Crippen LogP contribution in [0.15, 0.2) is 46.4 Å². The van der Waals surface area contributed by atoms with Gasteiger partial charge in [-0.1, -0.05) is 31.2 Å². The summed E-state index contributed by atoms with van der Waals surface area (Å²) in [5.74, 6) is 0.679. The van der Waals surface area contributed by atoms with Gasteiger partial charge in [0.15, 0.2) is 0 Å². The molecule has 0 unspecified atom stereocenters. The monoisotopic (exact) mass is 325 g/mol. The maximum Gasteiger partial charge on any atom is 0.328 e. The Balaban J connectivity index is 1.84. The lowest BCUT2D eigenvalue weighted by Gasteiger charge is -2.07. The molecule has 0 aliphatic heterocycles. The molecule has 0 amide bonds. The molecule has 1 N–H and O–H groups in total. The molecule has 0 atom stereocenters. The Morgan fingerprint density at radius 2 is 1.83 bits per heavy atom. The Kier molecular flexibility index (Phi) is 4.41. The molecule has 3 aromatic rings. The molecule has 2 heterocycles. The van der Waals surface area contributed by atoms with E-state index in [2.05, 4.69) is 46.3 Å². The quantitative estimate of drug-likeness (QED) is 0.754. The van der Waals surface area contributed by atoms with Crippen molar-refractivity contribution in [2.75, 3.05) is 0 Å². The van der Waals surface area contributed by atoms with Crippen molar-refractivity contribution in [1.82, 2.24) is 24.3 Å². The third-order valence-electron chi connectivity index (χ3n) is 4.06. The molecule has 0 aliphatic rings. The number of hydrogen-bond donors (Lipinski definition) is 1. The average Bonchev–Trinajstić information content (AvgIpc) is 3.03. The molecule has 2 aromatic heterocycles. The van der Waals surface area contributed by atoms with Crippen molar-refractivity contribution in [3.8, 4) is 0 Å². The van der Waals surface area contributed by atoms with Crippen LogP contribution in [-0.4, -0.2) is 24.3 Å². The van der Waals surface area contributed by atoms with Gasteiger partial charge in [0.2, 0.25) is 0 Å². The van der Waals surface area contributed by atoms with Gasteiger partial charge in [0.05, 0.1) is 6.54 Å². The first kappa shape index (κ1) is 15.9. The van der Waals surface area contributed by atoms with Gasteiger partial charge in [0.25, 0.3) is 5.56 Å². The van der Waals surface area contributed by atoms with Crippen LogP contribution in [0.3, 0.4) is 0 Å². The van der Waals surface area contributed by atoms with Crippen LogP contribution >= 0.6 is 0 Å². The van der Waals surface area contributed by atoms with Crippen molar-refractivity contribution >= 4 is 0 Å². The fourth-order valence-electron chi connectivity index (χ4n) is 2.52. The van der Waals surface area contributed by atoms with Crippen LogP contribution in [0.2, 0.25) is 0 Å². The standard InChI is InChI=1S/C17H19N5O2/c1-3-12-4-6-13(7-5-12)10-22-15(19-11-20-22)8-14-9-18-17(24)21(2)16(14)23/h4-7,9,11H,3,8,10H2,1-2H3,(H,18,24). The first-order valence-corrected chi connectivity index (χ1v) is 7.80. The first-order valence-electron chi connectivity index (χ1n) is 7.80. The SMILES string of the molecule is CCc1ccc(Cn2ncnc2Cc2c[nH]c(=O)n(C)c2=O)cc1. The maximum atomic E-state index is 12.1. The Labute approximate surface area is 138 Å². The average molecular weight is 325 g/mol. The molecular weight excluding hydrogens is 306 g/mol. The molecule has 7 nitrogen and oxygen atoms in total. The van der Waals surface area contributed by atoms with Gasteiger partial charge in [-0.2, -0.15) is 5.10 Å². The lowest BCUT2D eigenvalue weighted by Crippen LogP contribution is -2.34. The Morgan fingerprint density at radius 3 is 2.54 bits per heavy atom. The van der Waals surface area contributed by atoms with E-state index in [1.807, 2.05) is 0 Å². The van der Waals surface area contributed by atoms with E-state index in [1.165, 1.54) is 25.1 Å². The molecule has 124 valence electrons. The maximum absolute atomic E-state index is 12.1. The minimum Gasteiger partial charge on any atom is -0.314 e. The largest absolute Gasteiger partial charge is 0.328 e. The van der Waals surface area contributed by atoms with Gasteiger partial charge in [-0.25, -0.2) is 14.5 Å². The number of rotatable bonds is 5. The fourth-order valence-corrected chi connectivity index (χ4v) is 2.52. The number of benzene rings is 1. The molecular formula is C17H19N5O2. The molecule has 0 saturated carbocycles. The van der Waals surface area contributed by atoms with E-state index in [-0.39, 0.29) is 5.56 Å². The normalized spacial score (nSPS) is 10.9. The van der Waals surface area contributed by atoms with Crippen LogP contribution in [-0.2, 0) is 26.4 Å². The molecule has 3 rings (SSSR count). The summed E-state index contributed by atoms with van der Waals surface area (Å²) in [7, 11) is 1.45. The van der Waals surface area contributed by atoms with Crippen LogP contribution in [0, 0.1) is 0 Å². The van der Waals surface area contributed by atoms with E-state index >= 15 is 0 Å². The summed E-state index contributed by atoms with van der Waals surface area (Å²) in [6, 6.07) is 8.35. The van der Waals surface area contributed by atoms with Gasteiger partial charge in [0, 0.05) is 25.2 Å². The zero-order valence-corrected chi connectivity index (χ0v) is 13.7. The Morgan fingerprint density at radius 1 is 1.12 bits per heavy atom. The summed E-state index contributed by atoms with van der Waals surface area (Å²) in [6.45, 7) is 2.71. The number of H-pyrrole nitrogens is 1. The second-order valence-electron chi connectivity index (χ2n) is 5.66. The van der Waals surface area contributed by atoms with Crippen molar-refractivity contribution in [1.29, 1.82) is 0 Å². The fraction of sp³-hybridized carbons (Fsp3) is 0.294. The van der Waals surface area contributed by atoms with E-state index in [0.717, 1.165) is 16.6 Å². The summed E-state index contributed by atoms with van der Waals surface area (Å²) in [5, 5.41) is 4.24. The number of aromatic nitrogens is 5. The van der Waals surface area contributed by atoms with E-state index < -0.39 is 5.69 Å². The highest BCUT2D eigenvalue weighted by Crippen LogP contribution is 2.09. The number of aromatic amines is 1. The lowest BCUT2D eigenvalue weighted by atomic mass is 10.1. The van der Waals surface area contributed by atoms with Gasteiger partial charge >= 0.3 is 5.69 Å². The number of hydrogen-bond acceptors (Lipinski definition) is 4. The molecule has 0 aliphatic carbocycles. The Bertz CT molecular complexity index is 950. The first-order chi connectivity index (χ1) is 11.6. The Hall–Kier alpha value is -2.96. The third-order valence-corrected chi connectivity index (χ3v) is 4.06. The topological polar surface area (TPSA) is 85.6 Å². The van der Waals surface area contributed by atoms with Crippen molar-refractivity contribution in [3.05, 3.63) is 80.1 Å². The molecule has 0 bridgehead atoms. The van der Waals surface area contributed by atoms with Crippen molar-refractivity contribution in [2.24, 2.45) is 7.05 Å². The second kappa shape index (κ2) is 6.66. The van der Waals surface area contributed by atoms with Gasteiger partial charge in [-0.15, -0.1) is 0 Å². The van der Waals surface area contributed by atoms with Crippen molar-refractivity contribution in [2.45, 2.75) is 26.3 Å². The number of nitrogens with zero attached hydrogens (tertiary/aromatic N) is 4. The van der Waals surface area contributed by atoms with Gasteiger partial charge in [-0.05, 0) is 17.5 Å². The molecule has 0 spiro atoms. The lowest BCUT2D eigenvalue weighted by molar-refractivity contribution is 0.643. The minimum atomic E-state index is -0.429. The van der Waals surface area contributed by atoms with Crippen LogP contribution in [0.25, 0.3) is 0 Å². The highest BCUT2D eigenvalue weighted by atomic mass is 16.2. The van der Waals surface area contributed by atoms with Gasteiger partial charge < -0.3 is 4.98 Å². The number of nitrogens with one attached hydrogen (secondary N) is 1. The van der Waals surface area contributed by atoms with E-state index in [9.17, 15) is 9.59 Å². The molecule has 0 fully saturated rings. The smallest absolute Gasteiger partial charge is 0.314 e. The highest BCUT2D eigenvalue weighted by molar-refractivity contribution is 5.23. The van der Waals surface area contributed by atoms with Gasteiger partial charge in [-0.3, -0.25) is 9.36 Å². The van der Waals surface area contributed by atoms with E-state index in [1.54, 1.807) is 4.68 Å². The van der Waals surface area contributed by atoms with Crippen molar-refractivity contribution in [3.63, 3.8) is 0 Å². The van der Waals surface area contributed by atoms with E-state index in [4.69, 9.17) is 0 Å². The van der Waals surface area contributed by atoms with Crippen LogP contribution in [0.4, 0.5) is 0 Å². The van der Waals surface area contributed by atoms with Crippen LogP contribution in [0.5, 0.6) is 0 Å². The van der Waals surface area contributed by atoms with Crippen LogP contribution < -0.4 is 11.2 Å². The molecule has 7 heteroatoms. The second-order valence-corrected chi connectivity index (χ2v) is 5.66. The third kappa shape index (κ3) is 3.19. The summed E-state index contributed by atoms with van der Waals surface area (Å²) in [6.07, 6.45) is 4.24. The highest BCUT2D eigenvalue weighted by Gasteiger charge is 2.11. The predicted molar refractivity (Wildman–Crippen MR) is 90.1 cm³/mol. The summed E-state index contributed by atoms with van der Waals surface area (Å²) in [5.41, 5.74) is 2.14. The molecule has 1 aromatic carbocycles. The predicted octanol–water partition coefficient (Wildman–Crippen LogP) is 0.867. The summed E-state index contributed by atoms with van der Waals surface area (Å²) in [4.78, 5) is 30.4. The van der Waals surface area contributed by atoms with Gasteiger partial charge in [0.1, 0.15) is 12.2 Å². The zero-order chi connectivity index (χ0) is 17.1.